The van der Waals surface area contributed by atoms with Crippen molar-refractivity contribution >= 4 is 11.6 Å². The van der Waals surface area contributed by atoms with Crippen LogP contribution in [0.5, 0.6) is 0 Å². The molecule has 110 valence electrons. The number of para-hydroxylation sites is 1. The summed E-state index contributed by atoms with van der Waals surface area (Å²) >= 11 is 0. The topological polar surface area (TPSA) is 53.6 Å². The van der Waals surface area contributed by atoms with Crippen molar-refractivity contribution in [3.05, 3.63) is 30.3 Å². The summed E-state index contributed by atoms with van der Waals surface area (Å²) in [5, 5.41) is 3.12. The minimum absolute atomic E-state index is 0.457. The number of nitrogens with zero attached hydrogens (tertiary/aromatic N) is 2. The molecule has 1 atom stereocenters. The molecule has 4 heteroatoms. The Kier molecular flexibility index (Phi) is 5.41. The van der Waals surface area contributed by atoms with Crippen LogP contribution in [0.25, 0.3) is 0 Å². The van der Waals surface area contributed by atoms with Gasteiger partial charge in [0.2, 0.25) is 0 Å². The van der Waals surface area contributed by atoms with Crippen LogP contribution in [0, 0.1) is 5.92 Å². The van der Waals surface area contributed by atoms with Gasteiger partial charge in [0.05, 0.1) is 6.54 Å². The zero-order chi connectivity index (χ0) is 14.4. The molecule has 2 rings (SSSR count). The molecule has 0 aliphatic carbocycles. The number of aliphatic imine (C=N–C) groups is 1. The predicted octanol–water partition coefficient (Wildman–Crippen LogP) is 2.53. The Bertz CT molecular complexity index is 421. The molecule has 1 aliphatic rings. The highest BCUT2D eigenvalue weighted by Gasteiger charge is 2.19. The van der Waals surface area contributed by atoms with Gasteiger partial charge in [0, 0.05) is 11.7 Å². The number of hydrogen-bond acceptors (Lipinski definition) is 2. The van der Waals surface area contributed by atoms with Crippen molar-refractivity contribution in [3.8, 4) is 0 Å². The van der Waals surface area contributed by atoms with Gasteiger partial charge in [0.25, 0.3) is 0 Å². The van der Waals surface area contributed by atoms with Crippen molar-refractivity contribution in [3.63, 3.8) is 0 Å². The molecule has 20 heavy (non-hydrogen) atoms. The third-order valence-corrected chi connectivity index (χ3v) is 4.01. The fraction of sp³-hybridized carbons (Fsp3) is 0.562. The molecule has 0 amide bonds. The van der Waals surface area contributed by atoms with Crippen LogP contribution >= 0.6 is 0 Å². The van der Waals surface area contributed by atoms with Crippen LogP contribution in [-0.2, 0) is 0 Å². The summed E-state index contributed by atoms with van der Waals surface area (Å²) in [4.78, 5) is 6.97. The molecule has 4 nitrogen and oxygen atoms in total. The number of hydrogen-bond donors (Lipinski definition) is 2. The van der Waals surface area contributed by atoms with Crippen molar-refractivity contribution in [1.82, 2.24) is 4.90 Å². The van der Waals surface area contributed by atoms with Gasteiger partial charge in [-0.2, -0.15) is 0 Å². The Morgan fingerprint density at radius 3 is 2.65 bits per heavy atom. The van der Waals surface area contributed by atoms with Gasteiger partial charge in [-0.05, 0) is 50.9 Å². The highest BCUT2D eigenvalue weighted by atomic mass is 15.2. The monoisotopic (exact) mass is 274 g/mol. The number of anilines is 1. The van der Waals surface area contributed by atoms with E-state index in [1.165, 1.54) is 25.9 Å². The molecule has 3 N–H and O–H groups in total. The minimum Gasteiger partial charge on any atom is -0.370 e. The van der Waals surface area contributed by atoms with Crippen LogP contribution in [0.1, 0.15) is 26.7 Å². The van der Waals surface area contributed by atoms with Crippen LogP contribution in [0.2, 0.25) is 0 Å². The summed E-state index contributed by atoms with van der Waals surface area (Å²) in [6.45, 7) is 7.69. The van der Waals surface area contributed by atoms with E-state index < -0.39 is 0 Å². The third-order valence-electron chi connectivity index (χ3n) is 4.01. The Morgan fingerprint density at radius 2 is 2.00 bits per heavy atom. The maximum Gasteiger partial charge on any atom is 0.193 e. The minimum atomic E-state index is 0.457. The molecule has 1 unspecified atom stereocenters. The first-order valence-electron chi connectivity index (χ1n) is 7.51. The Labute approximate surface area is 122 Å². The van der Waals surface area contributed by atoms with Gasteiger partial charge in [-0.25, -0.2) is 0 Å². The highest BCUT2D eigenvalue weighted by molar-refractivity contribution is 5.92. The standard InChI is InChI=1S/C16H26N4/c1-13-8-10-20(11-9-13)14(2)12-18-16(17)19-15-6-4-3-5-7-15/h3-7,13-14H,8-12H2,1-2H3,(H3,17,18,19). The smallest absolute Gasteiger partial charge is 0.193 e. The lowest BCUT2D eigenvalue weighted by molar-refractivity contribution is 0.150. The number of likely N-dealkylation sites (tertiary alicyclic amines) is 1. The summed E-state index contributed by atoms with van der Waals surface area (Å²) < 4.78 is 0. The summed E-state index contributed by atoms with van der Waals surface area (Å²) in [6.07, 6.45) is 2.59. The van der Waals surface area contributed by atoms with E-state index in [0.29, 0.717) is 12.0 Å². The van der Waals surface area contributed by atoms with Crippen LogP contribution in [-0.4, -0.2) is 36.5 Å². The first-order chi connectivity index (χ1) is 9.65. The van der Waals surface area contributed by atoms with E-state index in [-0.39, 0.29) is 0 Å². The number of rotatable bonds is 4. The maximum absolute atomic E-state index is 5.93. The molecule has 1 saturated heterocycles. The predicted molar refractivity (Wildman–Crippen MR) is 86.0 cm³/mol. The Hall–Kier alpha value is -1.55. The van der Waals surface area contributed by atoms with Gasteiger partial charge < -0.3 is 11.1 Å². The van der Waals surface area contributed by atoms with Gasteiger partial charge in [0.15, 0.2) is 5.96 Å². The summed E-state index contributed by atoms with van der Waals surface area (Å²) in [6, 6.07) is 10.4. The molecule has 0 saturated carbocycles. The summed E-state index contributed by atoms with van der Waals surface area (Å²) in [5.41, 5.74) is 6.91. The van der Waals surface area contributed by atoms with E-state index >= 15 is 0 Å². The molecular formula is C16H26N4. The molecule has 1 fully saturated rings. The zero-order valence-corrected chi connectivity index (χ0v) is 12.5. The number of guanidine groups is 1. The van der Waals surface area contributed by atoms with Crippen LogP contribution in [0.3, 0.4) is 0 Å². The molecule has 1 aliphatic heterocycles. The van der Waals surface area contributed by atoms with Gasteiger partial charge in [-0.15, -0.1) is 0 Å². The fourth-order valence-corrected chi connectivity index (χ4v) is 2.52. The Morgan fingerprint density at radius 1 is 1.35 bits per heavy atom. The molecule has 0 aromatic heterocycles. The third kappa shape index (κ3) is 4.53. The van der Waals surface area contributed by atoms with E-state index in [1.807, 2.05) is 30.3 Å². The SMILES string of the molecule is CC1CCN(C(C)CN=C(N)Nc2ccccc2)CC1. The van der Waals surface area contributed by atoms with Gasteiger partial charge in [0.1, 0.15) is 0 Å². The second kappa shape index (κ2) is 7.29. The van der Waals surface area contributed by atoms with Crippen LogP contribution < -0.4 is 11.1 Å². The lowest BCUT2D eigenvalue weighted by atomic mass is 9.98. The molecule has 0 bridgehead atoms. The average molecular weight is 274 g/mol. The number of nitrogens with one attached hydrogen (secondary N) is 1. The molecule has 0 spiro atoms. The number of piperidine rings is 1. The van der Waals surface area contributed by atoms with E-state index in [0.717, 1.165) is 18.2 Å². The molecule has 1 aromatic rings. The number of nitrogens with two attached hydrogens (primary N) is 1. The van der Waals surface area contributed by atoms with E-state index in [2.05, 4.69) is 29.1 Å². The molecule has 0 radical (unpaired) electrons. The normalized spacial score (nSPS) is 19.8. The zero-order valence-electron chi connectivity index (χ0n) is 12.5. The lowest BCUT2D eigenvalue weighted by Crippen LogP contribution is -2.41. The molecular weight excluding hydrogens is 248 g/mol. The summed E-state index contributed by atoms with van der Waals surface area (Å²) in [5.74, 6) is 1.36. The molecule has 1 aromatic carbocycles. The van der Waals surface area contributed by atoms with Crippen molar-refractivity contribution in [2.45, 2.75) is 32.7 Å². The second-order valence-electron chi connectivity index (χ2n) is 5.78. The molecule has 1 heterocycles. The van der Waals surface area contributed by atoms with E-state index in [4.69, 9.17) is 5.73 Å². The first-order valence-corrected chi connectivity index (χ1v) is 7.51. The van der Waals surface area contributed by atoms with E-state index in [1.54, 1.807) is 0 Å². The van der Waals surface area contributed by atoms with Crippen LogP contribution in [0.15, 0.2) is 35.3 Å². The van der Waals surface area contributed by atoms with E-state index in [9.17, 15) is 0 Å². The first kappa shape index (κ1) is 14.9. The van der Waals surface area contributed by atoms with Crippen molar-refractivity contribution in [2.24, 2.45) is 16.6 Å². The average Bonchev–Trinajstić information content (AvgIpc) is 2.46. The van der Waals surface area contributed by atoms with Gasteiger partial charge in [-0.1, -0.05) is 25.1 Å². The lowest BCUT2D eigenvalue weighted by Gasteiger charge is -2.34. The number of benzene rings is 1. The van der Waals surface area contributed by atoms with Crippen molar-refractivity contribution < 1.29 is 0 Å². The maximum atomic E-state index is 5.93. The largest absolute Gasteiger partial charge is 0.370 e. The fourth-order valence-electron chi connectivity index (χ4n) is 2.52. The highest BCUT2D eigenvalue weighted by Crippen LogP contribution is 2.18. The second-order valence-corrected chi connectivity index (χ2v) is 5.78. The van der Waals surface area contributed by atoms with Gasteiger partial charge >= 0.3 is 0 Å². The summed E-state index contributed by atoms with van der Waals surface area (Å²) in [7, 11) is 0. The van der Waals surface area contributed by atoms with Crippen molar-refractivity contribution in [1.29, 1.82) is 0 Å². The quantitative estimate of drug-likeness (QED) is 0.655. The van der Waals surface area contributed by atoms with Crippen molar-refractivity contribution in [2.75, 3.05) is 25.0 Å². The Balaban J connectivity index is 1.79. The van der Waals surface area contributed by atoms with Gasteiger partial charge in [-0.3, -0.25) is 9.89 Å². The van der Waals surface area contributed by atoms with Crippen LogP contribution in [0.4, 0.5) is 5.69 Å².